The van der Waals surface area contributed by atoms with Crippen LogP contribution in [0.5, 0.6) is 0 Å². The molecule has 14 heteroatoms. The molecule has 0 spiro atoms. The average Bonchev–Trinajstić information content (AvgIpc) is 3.97. The topological polar surface area (TPSA) is 154 Å². The van der Waals surface area contributed by atoms with Crippen LogP contribution in [0.1, 0.15) is 38.5 Å². The first-order valence-corrected chi connectivity index (χ1v) is 20.2. The number of aromatic nitrogens is 2. The van der Waals surface area contributed by atoms with Crippen molar-refractivity contribution in [3.8, 4) is 0 Å². The zero-order chi connectivity index (χ0) is 37.7. The lowest BCUT2D eigenvalue weighted by molar-refractivity contribution is -0.123. The summed E-state index contributed by atoms with van der Waals surface area (Å²) < 4.78 is 36.0. The van der Waals surface area contributed by atoms with E-state index in [9.17, 15) is 23.1 Å². The Morgan fingerprint density at radius 2 is 1.61 bits per heavy atom. The van der Waals surface area contributed by atoms with E-state index in [4.69, 9.17) is 4.74 Å². The van der Waals surface area contributed by atoms with Gasteiger partial charge in [0, 0.05) is 26.9 Å². The zero-order valence-corrected chi connectivity index (χ0v) is 31.5. The number of hydrogen-bond donors (Lipinski definition) is 4. The van der Waals surface area contributed by atoms with Crippen molar-refractivity contribution in [1.29, 1.82) is 0 Å². The molecule has 2 atom stereocenters. The van der Waals surface area contributed by atoms with Crippen LogP contribution in [0.2, 0.25) is 0 Å². The van der Waals surface area contributed by atoms with E-state index in [1.807, 2.05) is 91.0 Å². The lowest BCUT2D eigenvalue weighted by Crippen LogP contribution is -2.50. The fourth-order valence-electron chi connectivity index (χ4n) is 6.54. The largest absolute Gasteiger partial charge is 0.453 e. The molecular weight excluding hydrogens is 743 g/mol. The van der Waals surface area contributed by atoms with Crippen LogP contribution in [0.3, 0.4) is 0 Å². The quantitative estimate of drug-likeness (QED) is 0.0934. The maximum absolute atomic E-state index is 14.5. The molecule has 54 heavy (non-hydrogen) atoms. The fourth-order valence-corrected chi connectivity index (χ4v) is 9.92. The molecular formula is C40H37N5O6S3. The number of sulfonamides is 1. The number of aliphatic hydroxyl groups is 1. The number of benzene rings is 4. The summed E-state index contributed by atoms with van der Waals surface area (Å²) >= 11 is 2.71. The number of ether oxygens (including phenoxy) is 1. The standard InChI is InChI=1S/C40H37N5O6S3/c1-51-40(48)44-38(37(26-10-4-2-5-11-26)27-12-6-3-7-13-27)39(47)41-22-30-16-18-36(53-30)34(24-46)45(23-29-20-28-14-8-9-15-32(28)43-29)54(49,50)31-17-19-35-33(21-31)42-25-52-35/h2-21,25,34,37-38,43,46H,22-24H2,1H3,(H,41,47)(H,44,48)/t34-,38+/m1/s1. The first-order chi connectivity index (χ1) is 26.2. The van der Waals surface area contributed by atoms with E-state index < -0.39 is 46.6 Å². The SMILES string of the molecule is COC(=O)N[C@H](C(=O)NCc1ccc([C@@H](CO)N(Cc2cc3ccccc3[nH]2)S(=O)(=O)c2ccc3scnc3c2)s1)C(c1ccccc1)c1ccccc1. The number of thiazole rings is 1. The monoisotopic (exact) mass is 779 g/mol. The fraction of sp³-hybridized carbons (Fsp3) is 0.175. The minimum atomic E-state index is -4.17. The van der Waals surface area contributed by atoms with Crippen LogP contribution in [0.15, 0.2) is 132 Å². The molecule has 7 aromatic rings. The average molecular weight is 780 g/mol. The summed E-state index contributed by atoms with van der Waals surface area (Å²) in [5.74, 6) is -0.969. The lowest BCUT2D eigenvalue weighted by Gasteiger charge is -2.29. The summed E-state index contributed by atoms with van der Waals surface area (Å²) in [6.45, 7) is -0.444. The molecule has 4 N–H and O–H groups in total. The number of amides is 2. The van der Waals surface area contributed by atoms with Gasteiger partial charge in [-0.15, -0.1) is 22.7 Å². The van der Waals surface area contributed by atoms with E-state index in [2.05, 4.69) is 20.6 Å². The number of alkyl carbamates (subject to hydrolysis) is 1. The van der Waals surface area contributed by atoms with Gasteiger partial charge >= 0.3 is 6.09 Å². The molecule has 0 fully saturated rings. The van der Waals surface area contributed by atoms with Crippen LogP contribution in [0.25, 0.3) is 21.1 Å². The van der Waals surface area contributed by atoms with Gasteiger partial charge in [-0.3, -0.25) is 4.79 Å². The van der Waals surface area contributed by atoms with Gasteiger partial charge in [0.15, 0.2) is 0 Å². The van der Waals surface area contributed by atoms with Crippen LogP contribution in [0.4, 0.5) is 4.79 Å². The van der Waals surface area contributed by atoms with E-state index in [0.29, 0.717) is 16.1 Å². The van der Waals surface area contributed by atoms with E-state index in [0.717, 1.165) is 31.6 Å². The number of nitrogens with one attached hydrogen (secondary N) is 3. The molecule has 0 unspecified atom stereocenters. The molecule has 0 saturated carbocycles. The number of fused-ring (bicyclic) bond motifs is 2. The number of nitrogens with zero attached hydrogens (tertiary/aromatic N) is 2. The maximum atomic E-state index is 14.5. The molecule has 4 aromatic carbocycles. The second-order valence-corrected chi connectivity index (χ2v) is 16.5. The second kappa shape index (κ2) is 16.3. The number of aromatic amines is 1. The Balaban J connectivity index is 1.17. The highest BCUT2D eigenvalue weighted by molar-refractivity contribution is 7.89. The van der Waals surface area contributed by atoms with Crippen molar-refractivity contribution < 1.29 is 27.9 Å². The number of rotatable bonds is 14. The Labute approximate surface area is 320 Å². The first kappa shape index (κ1) is 37.0. The molecule has 0 bridgehead atoms. The third kappa shape index (κ3) is 7.93. The molecule has 276 valence electrons. The summed E-state index contributed by atoms with van der Waals surface area (Å²) in [6, 6.07) is 34.9. The van der Waals surface area contributed by atoms with Gasteiger partial charge in [-0.1, -0.05) is 78.9 Å². The van der Waals surface area contributed by atoms with Gasteiger partial charge in [-0.05, 0) is 59.0 Å². The molecule has 2 amide bonds. The van der Waals surface area contributed by atoms with Crippen molar-refractivity contribution >= 4 is 65.8 Å². The van der Waals surface area contributed by atoms with Gasteiger partial charge in [-0.2, -0.15) is 4.31 Å². The molecule has 0 aliphatic carbocycles. The van der Waals surface area contributed by atoms with E-state index >= 15 is 0 Å². The van der Waals surface area contributed by atoms with Gasteiger partial charge in [-0.25, -0.2) is 18.2 Å². The minimum absolute atomic E-state index is 0.0391. The normalized spacial score (nSPS) is 13.0. The number of aliphatic hydroxyl groups excluding tert-OH is 1. The number of methoxy groups -OCH3 is 1. The van der Waals surface area contributed by atoms with Crippen molar-refractivity contribution in [2.45, 2.75) is 36.0 Å². The van der Waals surface area contributed by atoms with Crippen molar-refractivity contribution in [2.75, 3.05) is 13.7 Å². The molecule has 11 nitrogen and oxygen atoms in total. The third-order valence-corrected chi connectivity index (χ3v) is 13.0. The summed E-state index contributed by atoms with van der Waals surface area (Å²) in [7, 11) is -2.92. The van der Waals surface area contributed by atoms with Crippen LogP contribution in [-0.4, -0.2) is 59.6 Å². The van der Waals surface area contributed by atoms with E-state index in [1.165, 1.54) is 34.1 Å². The van der Waals surface area contributed by atoms with Gasteiger partial charge in [0.1, 0.15) is 6.04 Å². The second-order valence-electron chi connectivity index (χ2n) is 12.5. The Morgan fingerprint density at radius 3 is 2.30 bits per heavy atom. The zero-order valence-electron chi connectivity index (χ0n) is 29.1. The molecule has 7 rings (SSSR count). The predicted molar refractivity (Wildman–Crippen MR) is 211 cm³/mol. The van der Waals surface area contributed by atoms with Crippen LogP contribution < -0.4 is 10.6 Å². The van der Waals surface area contributed by atoms with Crippen molar-refractivity contribution in [3.63, 3.8) is 0 Å². The van der Waals surface area contributed by atoms with Gasteiger partial charge < -0.3 is 25.5 Å². The minimum Gasteiger partial charge on any atom is -0.453 e. The van der Waals surface area contributed by atoms with Crippen molar-refractivity contribution in [3.05, 3.63) is 153 Å². The maximum Gasteiger partial charge on any atom is 0.407 e. The van der Waals surface area contributed by atoms with Crippen molar-refractivity contribution in [2.24, 2.45) is 0 Å². The number of H-pyrrole nitrogens is 1. The molecule has 0 radical (unpaired) electrons. The summed E-state index contributed by atoms with van der Waals surface area (Å²) in [5.41, 5.74) is 5.42. The van der Waals surface area contributed by atoms with Crippen molar-refractivity contribution in [1.82, 2.24) is 24.9 Å². The Hall–Kier alpha value is -5.38. The van der Waals surface area contributed by atoms with E-state index in [-0.39, 0.29) is 18.0 Å². The van der Waals surface area contributed by atoms with Gasteiger partial charge in [0.05, 0.1) is 53.5 Å². The number of para-hydroxylation sites is 1. The Bertz CT molecular complexity index is 2410. The molecule has 0 saturated heterocycles. The number of carbonyl (C=O) groups excluding carboxylic acids is 2. The highest BCUT2D eigenvalue weighted by Crippen LogP contribution is 2.35. The van der Waals surface area contributed by atoms with E-state index in [1.54, 1.807) is 35.8 Å². The number of hydrogen-bond acceptors (Lipinski definition) is 9. The summed E-state index contributed by atoms with van der Waals surface area (Å²) in [6.07, 6.45) is -0.749. The molecule has 3 heterocycles. The smallest absolute Gasteiger partial charge is 0.407 e. The Morgan fingerprint density at radius 1 is 0.907 bits per heavy atom. The lowest BCUT2D eigenvalue weighted by atomic mass is 9.84. The Kier molecular flexibility index (Phi) is 11.2. The molecule has 3 aromatic heterocycles. The summed E-state index contributed by atoms with van der Waals surface area (Å²) in [4.78, 5) is 35.6. The number of carbonyl (C=O) groups is 2. The van der Waals surface area contributed by atoms with Crippen LogP contribution >= 0.6 is 22.7 Å². The van der Waals surface area contributed by atoms with Gasteiger partial charge in [0.25, 0.3) is 0 Å². The number of thiophene rings is 1. The predicted octanol–water partition coefficient (Wildman–Crippen LogP) is 6.94. The molecule has 0 aliphatic heterocycles. The van der Waals surface area contributed by atoms with Crippen LogP contribution in [-0.2, 0) is 32.6 Å². The van der Waals surface area contributed by atoms with Gasteiger partial charge in [0.2, 0.25) is 15.9 Å². The first-order valence-electron chi connectivity index (χ1n) is 17.1. The third-order valence-electron chi connectivity index (χ3n) is 9.18. The summed E-state index contributed by atoms with van der Waals surface area (Å²) in [5, 5.41) is 17.5. The van der Waals surface area contributed by atoms with Crippen LogP contribution in [0, 0.1) is 0 Å². The highest BCUT2D eigenvalue weighted by Gasteiger charge is 2.35. The molecule has 0 aliphatic rings. The highest BCUT2D eigenvalue weighted by atomic mass is 32.2.